The highest BCUT2D eigenvalue weighted by atomic mass is 127. The van der Waals surface area contributed by atoms with E-state index < -0.39 is 11.7 Å². The van der Waals surface area contributed by atoms with E-state index in [0.717, 1.165) is 9.32 Å². The third-order valence-corrected chi connectivity index (χ3v) is 3.84. The molecule has 0 aromatic heterocycles. The summed E-state index contributed by atoms with van der Waals surface area (Å²) in [6.07, 6.45) is 2.65. The van der Waals surface area contributed by atoms with Gasteiger partial charge in [0, 0.05) is 30.3 Å². The average Bonchev–Trinajstić information content (AvgIpc) is 2.53. The molecule has 0 saturated carbocycles. The first-order valence-electron chi connectivity index (χ1n) is 8.32. The molecule has 0 fully saturated rings. The maximum absolute atomic E-state index is 12.4. The summed E-state index contributed by atoms with van der Waals surface area (Å²) < 4.78 is 12.2. The number of nitrogens with zero attached hydrogens (tertiary/aromatic N) is 2. The van der Waals surface area contributed by atoms with Crippen molar-refractivity contribution in [2.75, 3.05) is 33.8 Å². The molecule has 0 heterocycles. The average molecular weight is 474 g/mol. The van der Waals surface area contributed by atoms with E-state index in [1.165, 1.54) is 15.9 Å². The summed E-state index contributed by atoms with van der Waals surface area (Å²) in [5.74, 6) is 0.608. The minimum absolute atomic E-state index is 0.135. The van der Waals surface area contributed by atoms with Crippen LogP contribution in [-0.2, 0) is 9.53 Å². The van der Waals surface area contributed by atoms with E-state index in [9.17, 15) is 9.59 Å². The highest BCUT2D eigenvalue weighted by molar-refractivity contribution is 14.1. The van der Waals surface area contributed by atoms with Crippen LogP contribution in [0.1, 0.15) is 20.8 Å². The molecule has 1 rings (SSSR count). The number of benzene rings is 1. The standard InChI is InChI=1S/C19H27IN2O4/c1-19(2,3)26-18(24)22(12-6-7-17(23)21(4)5)13-14-25-16-10-8-15(20)9-11-16/h6-11H,12-14H2,1-5H3/b7-6-. The fraction of sp³-hybridized carbons (Fsp3) is 0.474. The third kappa shape index (κ3) is 9.07. The molecule has 6 nitrogen and oxygen atoms in total. The lowest BCUT2D eigenvalue weighted by Gasteiger charge is -2.26. The quantitative estimate of drug-likeness (QED) is 0.448. The van der Waals surface area contributed by atoms with Crippen LogP contribution < -0.4 is 4.74 Å². The lowest BCUT2D eigenvalue weighted by atomic mass is 10.2. The van der Waals surface area contributed by atoms with E-state index in [1.807, 2.05) is 45.0 Å². The zero-order chi connectivity index (χ0) is 19.7. The van der Waals surface area contributed by atoms with Gasteiger partial charge in [-0.2, -0.15) is 0 Å². The van der Waals surface area contributed by atoms with Crippen LogP contribution in [0.3, 0.4) is 0 Å². The molecule has 144 valence electrons. The molecule has 0 atom stereocenters. The molecular weight excluding hydrogens is 447 g/mol. The van der Waals surface area contributed by atoms with Crippen LogP contribution >= 0.6 is 22.6 Å². The molecule has 2 amide bonds. The molecule has 0 aliphatic carbocycles. The maximum Gasteiger partial charge on any atom is 0.410 e. The van der Waals surface area contributed by atoms with Crippen molar-refractivity contribution >= 4 is 34.6 Å². The number of ether oxygens (including phenoxy) is 2. The van der Waals surface area contributed by atoms with Crippen molar-refractivity contribution in [3.63, 3.8) is 0 Å². The van der Waals surface area contributed by atoms with E-state index >= 15 is 0 Å². The molecular formula is C19H27IN2O4. The Kier molecular flexibility index (Phi) is 8.91. The molecule has 0 radical (unpaired) electrons. The van der Waals surface area contributed by atoms with Crippen molar-refractivity contribution in [1.29, 1.82) is 0 Å². The molecule has 7 heteroatoms. The van der Waals surface area contributed by atoms with Crippen LogP contribution in [0.5, 0.6) is 5.75 Å². The number of halogens is 1. The zero-order valence-electron chi connectivity index (χ0n) is 16.0. The lowest BCUT2D eigenvalue weighted by Crippen LogP contribution is -2.39. The van der Waals surface area contributed by atoms with Crippen molar-refractivity contribution in [2.45, 2.75) is 26.4 Å². The molecule has 0 saturated heterocycles. The Morgan fingerprint density at radius 3 is 2.31 bits per heavy atom. The SMILES string of the molecule is CN(C)C(=O)/C=C\CN(CCOc1ccc(I)cc1)C(=O)OC(C)(C)C. The number of hydrogen-bond donors (Lipinski definition) is 0. The van der Waals surface area contributed by atoms with E-state index in [1.54, 1.807) is 20.2 Å². The van der Waals surface area contributed by atoms with Gasteiger partial charge in [-0.1, -0.05) is 6.08 Å². The van der Waals surface area contributed by atoms with Gasteiger partial charge < -0.3 is 19.3 Å². The first-order chi connectivity index (χ1) is 12.1. The van der Waals surface area contributed by atoms with Crippen LogP contribution in [0.15, 0.2) is 36.4 Å². The number of carbonyl (C=O) groups is 2. The van der Waals surface area contributed by atoms with Gasteiger partial charge in [0.25, 0.3) is 0 Å². The fourth-order valence-corrected chi connectivity index (χ4v) is 2.18. The van der Waals surface area contributed by atoms with E-state index in [-0.39, 0.29) is 12.5 Å². The molecule has 0 unspecified atom stereocenters. The predicted octanol–water partition coefficient (Wildman–Crippen LogP) is 3.55. The number of rotatable bonds is 7. The Balaban J connectivity index is 2.65. The second-order valence-corrected chi connectivity index (χ2v) is 8.11. The first-order valence-corrected chi connectivity index (χ1v) is 9.40. The van der Waals surface area contributed by atoms with Crippen LogP contribution in [0.4, 0.5) is 4.79 Å². The van der Waals surface area contributed by atoms with Crippen LogP contribution in [0.2, 0.25) is 0 Å². The van der Waals surface area contributed by atoms with Crippen molar-refractivity contribution in [3.05, 3.63) is 40.0 Å². The highest BCUT2D eigenvalue weighted by Gasteiger charge is 2.21. The number of carbonyl (C=O) groups excluding carboxylic acids is 2. The molecule has 0 aliphatic rings. The number of amides is 2. The normalized spacial score (nSPS) is 11.3. The summed E-state index contributed by atoms with van der Waals surface area (Å²) in [6, 6.07) is 7.68. The van der Waals surface area contributed by atoms with Crippen molar-refractivity contribution in [1.82, 2.24) is 9.80 Å². The smallest absolute Gasteiger partial charge is 0.410 e. The summed E-state index contributed by atoms with van der Waals surface area (Å²) in [5, 5.41) is 0. The van der Waals surface area contributed by atoms with Gasteiger partial charge in [-0.3, -0.25) is 4.79 Å². The summed E-state index contributed by atoms with van der Waals surface area (Å²) in [5.41, 5.74) is -0.588. The monoisotopic (exact) mass is 474 g/mol. The second-order valence-electron chi connectivity index (χ2n) is 6.86. The van der Waals surface area contributed by atoms with E-state index in [4.69, 9.17) is 9.47 Å². The third-order valence-electron chi connectivity index (χ3n) is 3.12. The molecule has 0 spiro atoms. The molecule has 0 bridgehead atoms. The molecule has 0 aliphatic heterocycles. The first kappa shape index (κ1) is 22.3. The van der Waals surface area contributed by atoms with Gasteiger partial charge in [0.1, 0.15) is 18.0 Å². The van der Waals surface area contributed by atoms with Crippen molar-refractivity contribution < 1.29 is 19.1 Å². The van der Waals surface area contributed by atoms with E-state index in [0.29, 0.717) is 13.2 Å². The number of likely N-dealkylation sites (N-methyl/N-ethyl adjacent to an activating group) is 1. The van der Waals surface area contributed by atoms with Gasteiger partial charge >= 0.3 is 6.09 Å². The fourth-order valence-electron chi connectivity index (χ4n) is 1.82. The highest BCUT2D eigenvalue weighted by Crippen LogP contribution is 2.14. The molecule has 0 N–H and O–H groups in total. The van der Waals surface area contributed by atoms with Gasteiger partial charge in [0.2, 0.25) is 5.91 Å². The van der Waals surface area contributed by atoms with Crippen LogP contribution in [0.25, 0.3) is 0 Å². The number of hydrogen-bond acceptors (Lipinski definition) is 4. The maximum atomic E-state index is 12.4. The summed E-state index contributed by atoms with van der Waals surface area (Å²) >= 11 is 2.23. The predicted molar refractivity (Wildman–Crippen MR) is 110 cm³/mol. The Hall–Kier alpha value is -1.77. The van der Waals surface area contributed by atoms with Crippen molar-refractivity contribution in [2.24, 2.45) is 0 Å². The van der Waals surface area contributed by atoms with Gasteiger partial charge in [0.15, 0.2) is 0 Å². The summed E-state index contributed by atoms with van der Waals surface area (Å²) in [4.78, 5) is 27.0. The van der Waals surface area contributed by atoms with Crippen LogP contribution in [0, 0.1) is 3.57 Å². The Morgan fingerprint density at radius 1 is 1.15 bits per heavy atom. The Morgan fingerprint density at radius 2 is 1.77 bits per heavy atom. The lowest BCUT2D eigenvalue weighted by molar-refractivity contribution is -0.123. The molecule has 1 aromatic rings. The van der Waals surface area contributed by atoms with Gasteiger partial charge in [0.05, 0.1) is 6.54 Å². The van der Waals surface area contributed by atoms with Gasteiger partial charge in [-0.15, -0.1) is 0 Å². The minimum atomic E-state index is -0.588. The minimum Gasteiger partial charge on any atom is -0.492 e. The molecule has 1 aromatic carbocycles. The Bertz CT molecular complexity index is 621. The van der Waals surface area contributed by atoms with Gasteiger partial charge in [-0.25, -0.2) is 4.79 Å². The summed E-state index contributed by atoms with van der Waals surface area (Å²) in [7, 11) is 3.35. The van der Waals surface area contributed by atoms with Gasteiger partial charge in [-0.05, 0) is 67.6 Å². The van der Waals surface area contributed by atoms with Crippen molar-refractivity contribution in [3.8, 4) is 5.75 Å². The topological polar surface area (TPSA) is 59.1 Å². The van der Waals surface area contributed by atoms with E-state index in [2.05, 4.69) is 22.6 Å². The zero-order valence-corrected chi connectivity index (χ0v) is 18.1. The largest absolute Gasteiger partial charge is 0.492 e. The Labute approximate surface area is 169 Å². The molecule has 26 heavy (non-hydrogen) atoms. The summed E-state index contributed by atoms with van der Waals surface area (Å²) in [6.45, 7) is 6.39. The van der Waals surface area contributed by atoms with Crippen LogP contribution in [-0.4, -0.2) is 61.2 Å². The second kappa shape index (κ2) is 10.4.